The number of carbonyl (C=O) groups is 1. The predicted octanol–water partition coefficient (Wildman–Crippen LogP) is -1.05. The fourth-order valence-electron chi connectivity index (χ4n) is 2.23. The average Bonchev–Trinajstić information content (AvgIpc) is 2.85. The van der Waals surface area contributed by atoms with Gasteiger partial charge in [0.25, 0.3) is 0 Å². The van der Waals surface area contributed by atoms with Gasteiger partial charge < -0.3 is 16.2 Å². The van der Waals surface area contributed by atoms with Gasteiger partial charge in [0.1, 0.15) is 0 Å². The Balaban J connectivity index is 1.71. The van der Waals surface area contributed by atoms with Crippen molar-refractivity contribution < 1.29 is 9.90 Å². The molecule has 0 aromatic carbocycles. The van der Waals surface area contributed by atoms with Crippen LogP contribution >= 0.6 is 0 Å². The maximum atomic E-state index is 11.9. The lowest BCUT2D eigenvalue weighted by Crippen LogP contribution is -2.45. The first-order chi connectivity index (χ1) is 8.66. The Labute approximate surface area is 105 Å². The summed E-state index contributed by atoms with van der Waals surface area (Å²) in [5.74, 6) is -0.0680. The molecule has 0 spiro atoms. The molecule has 1 aliphatic carbocycles. The van der Waals surface area contributed by atoms with E-state index in [1.165, 1.54) is 0 Å². The van der Waals surface area contributed by atoms with Gasteiger partial charge in [0.05, 0.1) is 18.0 Å². The third kappa shape index (κ3) is 3.27. The fourth-order valence-corrected chi connectivity index (χ4v) is 2.23. The first-order valence-corrected chi connectivity index (χ1v) is 6.23. The zero-order valence-electron chi connectivity index (χ0n) is 10.2. The summed E-state index contributed by atoms with van der Waals surface area (Å²) in [6, 6.07) is -0.287. The average molecular weight is 253 g/mol. The van der Waals surface area contributed by atoms with Crippen molar-refractivity contribution >= 4 is 5.91 Å². The van der Waals surface area contributed by atoms with Crippen molar-refractivity contribution in [2.75, 3.05) is 6.54 Å². The quantitative estimate of drug-likeness (QED) is 0.546. The second-order valence-electron chi connectivity index (χ2n) is 4.74. The highest BCUT2D eigenvalue weighted by Crippen LogP contribution is 2.23. The van der Waals surface area contributed by atoms with Crippen LogP contribution in [0.3, 0.4) is 0 Å². The van der Waals surface area contributed by atoms with Gasteiger partial charge in [0.15, 0.2) is 0 Å². The highest BCUT2D eigenvalue weighted by molar-refractivity contribution is 5.78. The second-order valence-corrected chi connectivity index (χ2v) is 4.74. The molecule has 1 heterocycles. The Bertz CT molecular complexity index is 381. The summed E-state index contributed by atoms with van der Waals surface area (Å²) in [5, 5.41) is 22.5. The lowest BCUT2D eigenvalue weighted by Gasteiger charge is -2.29. The molecule has 5 N–H and O–H groups in total. The summed E-state index contributed by atoms with van der Waals surface area (Å²) in [5.41, 5.74) is 6.58. The van der Waals surface area contributed by atoms with Crippen LogP contribution in [0, 0.1) is 5.92 Å². The van der Waals surface area contributed by atoms with Gasteiger partial charge in [-0.25, -0.2) is 0 Å². The molecule has 2 rings (SSSR count). The van der Waals surface area contributed by atoms with Crippen LogP contribution < -0.4 is 11.1 Å². The Hall–Kier alpha value is -1.47. The van der Waals surface area contributed by atoms with Gasteiger partial charge in [0, 0.05) is 24.9 Å². The highest BCUT2D eigenvalue weighted by Gasteiger charge is 2.30. The number of aromatic amines is 1. The molecule has 18 heavy (non-hydrogen) atoms. The summed E-state index contributed by atoms with van der Waals surface area (Å²) >= 11 is 0. The van der Waals surface area contributed by atoms with Crippen molar-refractivity contribution in [2.24, 2.45) is 11.7 Å². The number of aliphatic hydroxyl groups is 1. The molecular formula is C11H19N5O2. The molecule has 0 unspecified atom stereocenters. The van der Waals surface area contributed by atoms with Crippen LogP contribution in [0.4, 0.5) is 0 Å². The SMILES string of the molecule is N[C@@H]1C[C@@H](C(=O)NCCc2cn[nH]n2)CC[C@H]1O. The standard InChI is InChI=1S/C11H19N5O2/c12-9-5-7(1-2-10(9)17)11(18)13-4-3-8-6-14-16-15-8/h6-7,9-10,17H,1-5,12H2,(H,13,18)(H,14,15,16)/t7-,9+,10+/m0/s1. The molecule has 1 aliphatic rings. The highest BCUT2D eigenvalue weighted by atomic mass is 16.3. The predicted molar refractivity (Wildman–Crippen MR) is 64.4 cm³/mol. The minimum absolute atomic E-state index is 0.0147. The van der Waals surface area contributed by atoms with Crippen LogP contribution in [0.25, 0.3) is 0 Å². The Morgan fingerprint density at radius 1 is 1.61 bits per heavy atom. The number of aromatic nitrogens is 3. The van der Waals surface area contributed by atoms with Gasteiger partial charge in [-0.3, -0.25) is 4.79 Å². The molecule has 3 atom stereocenters. The number of hydrogen-bond donors (Lipinski definition) is 4. The summed E-state index contributed by atoms with van der Waals surface area (Å²) in [7, 11) is 0. The van der Waals surface area contributed by atoms with Crippen LogP contribution in [-0.2, 0) is 11.2 Å². The number of nitrogens with zero attached hydrogens (tertiary/aromatic N) is 2. The van der Waals surface area contributed by atoms with Crippen LogP contribution in [0.2, 0.25) is 0 Å². The smallest absolute Gasteiger partial charge is 0.223 e. The van der Waals surface area contributed by atoms with E-state index in [4.69, 9.17) is 5.73 Å². The second kappa shape index (κ2) is 5.92. The molecule has 0 saturated heterocycles. The van der Waals surface area contributed by atoms with E-state index in [2.05, 4.69) is 20.7 Å². The fraction of sp³-hybridized carbons (Fsp3) is 0.727. The van der Waals surface area contributed by atoms with Crippen molar-refractivity contribution in [1.29, 1.82) is 0 Å². The molecule has 0 radical (unpaired) electrons. The summed E-state index contributed by atoms with van der Waals surface area (Å²) in [6.07, 6.45) is 3.68. The van der Waals surface area contributed by atoms with E-state index in [0.29, 0.717) is 32.2 Å². The Kier molecular flexibility index (Phi) is 4.27. The minimum atomic E-state index is -0.468. The molecule has 1 aromatic rings. The van der Waals surface area contributed by atoms with E-state index < -0.39 is 6.10 Å². The number of H-pyrrole nitrogens is 1. The van der Waals surface area contributed by atoms with Gasteiger partial charge in [-0.2, -0.15) is 15.4 Å². The van der Waals surface area contributed by atoms with Crippen LogP contribution in [0.1, 0.15) is 25.0 Å². The van der Waals surface area contributed by atoms with E-state index in [1.54, 1.807) is 6.20 Å². The van der Waals surface area contributed by atoms with E-state index in [9.17, 15) is 9.90 Å². The summed E-state index contributed by atoms with van der Waals surface area (Å²) in [4.78, 5) is 11.9. The molecule has 100 valence electrons. The van der Waals surface area contributed by atoms with E-state index in [1.807, 2.05) is 0 Å². The zero-order valence-corrected chi connectivity index (χ0v) is 10.2. The number of carbonyl (C=O) groups excluding carboxylic acids is 1. The summed E-state index contributed by atoms with van der Waals surface area (Å²) in [6.45, 7) is 0.541. The van der Waals surface area contributed by atoms with Crippen molar-refractivity contribution in [1.82, 2.24) is 20.7 Å². The molecule has 0 aliphatic heterocycles. The third-order valence-electron chi connectivity index (χ3n) is 3.38. The lowest BCUT2D eigenvalue weighted by molar-refractivity contribution is -0.126. The van der Waals surface area contributed by atoms with Crippen molar-refractivity contribution in [2.45, 2.75) is 37.8 Å². The monoisotopic (exact) mass is 253 g/mol. The maximum Gasteiger partial charge on any atom is 0.223 e. The van der Waals surface area contributed by atoms with Gasteiger partial charge >= 0.3 is 0 Å². The molecule has 7 nitrogen and oxygen atoms in total. The van der Waals surface area contributed by atoms with E-state index in [-0.39, 0.29) is 17.9 Å². The number of hydrogen-bond acceptors (Lipinski definition) is 5. The largest absolute Gasteiger partial charge is 0.392 e. The van der Waals surface area contributed by atoms with Crippen molar-refractivity contribution in [3.63, 3.8) is 0 Å². The van der Waals surface area contributed by atoms with Crippen molar-refractivity contribution in [3.05, 3.63) is 11.9 Å². The molecule has 1 aromatic heterocycles. The lowest BCUT2D eigenvalue weighted by atomic mass is 9.83. The zero-order chi connectivity index (χ0) is 13.0. The van der Waals surface area contributed by atoms with Gasteiger partial charge in [-0.05, 0) is 19.3 Å². The number of amides is 1. The number of aliphatic hydroxyl groups excluding tert-OH is 1. The molecule has 1 fully saturated rings. The topological polar surface area (TPSA) is 117 Å². The van der Waals surface area contributed by atoms with E-state index >= 15 is 0 Å². The Morgan fingerprint density at radius 3 is 3.11 bits per heavy atom. The van der Waals surface area contributed by atoms with Crippen LogP contribution in [0.15, 0.2) is 6.20 Å². The maximum absolute atomic E-state index is 11.9. The summed E-state index contributed by atoms with van der Waals surface area (Å²) < 4.78 is 0. The normalized spacial score (nSPS) is 28.0. The van der Waals surface area contributed by atoms with Gasteiger partial charge in [0.2, 0.25) is 5.91 Å². The van der Waals surface area contributed by atoms with Crippen molar-refractivity contribution in [3.8, 4) is 0 Å². The first kappa shape index (κ1) is 13.0. The van der Waals surface area contributed by atoms with Crippen LogP contribution in [0.5, 0.6) is 0 Å². The van der Waals surface area contributed by atoms with Crippen LogP contribution in [-0.4, -0.2) is 45.1 Å². The third-order valence-corrected chi connectivity index (χ3v) is 3.38. The van der Waals surface area contributed by atoms with E-state index in [0.717, 1.165) is 5.69 Å². The van der Waals surface area contributed by atoms with Gasteiger partial charge in [-0.1, -0.05) is 0 Å². The molecule has 1 amide bonds. The molecule has 0 bridgehead atoms. The molecular weight excluding hydrogens is 234 g/mol. The molecule has 1 saturated carbocycles. The minimum Gasteiger partial charge on any atom is -0.392 e. The first-order valence-electron chi connectivity index (χ1n) is 6.23. The number of nitrogens with one attached hydrogen (secondary N) is 2. The van der Waals surface area contributed by atoms with Gasteiger partial charge in [-0.15, -0.1) is 0 Å². The number of rotatable bonds is 4. The number of nitrogens with two attached hydrogens (primary N) is 1. The molecule has 7 heteroatoms. The Morgan fingerprint density at radius 2 is 2.44 bits per heavy atom.